The van der Waals surface area contributed by atoms with Crippen LogP contribution in [0, 0.1) is 5.92 Å². The van der Waals surface area contributed by atoms with E-state index in [2.05, 4.69) is 12.2 Å². The summed E-state index contributed by atoms with van der Waals surface area (Å²) in [5.41, 5.74) is 0. The van der Waals surface area contributed by atoms with Gasteiger partial charge < -0.3 is 10.1 Å². The van der Waals surface area contributed by atoms with Crippen molar-refractivity contribution in [1.29, 1.82) is 0 Å². The quantitative estimate of drug-likeness (QED) is 0.665. The van der Waals surface area contributed by atoms with Gasteiger partial charge in [-0.2, -0.15) is 0 Å². The van der Waals surface area contributed by atoms with E-state index in [9.17, 15) is 0 Å². The SMILES string of the molecule is COCC(C)C1NCCS1. The first-order valence-electron chi connectivity index (χ1n) is 3.68. The molecule has 0 saturated carbocycles. The molecule has 1 aliphatic heterocycles. The third-order valence-electron chi connectivity index (χ3n) is 1.69. The van der Waals surface area contributed by atoms with E-state index >= 15 is 0 Å². The van der Waals surface area contributed by atoms with Crippen LogP contribution in [0.15, 0.2) is 0 Å². The van der Waals surface area contributed by atoms with E-state index in [1.165, 1.54) is 5.75 Å². The van der Waals surface area contributed by atoms with Crippen LogP contribution >= 0.6 is 11.8 Å². The fraction of sp³-hybridized carbons (Fsp3) is 1.00. The fourth-order valence-electron chi connectivity index (χ4n) is 1.16. The second-order valence-corrected chi connectivity index (χ2v) is 3.93. The monoisotopic (exact) mass is 161 g/mol. The molecule has 0 aromatic carbocycles. The van der Waals surface area contributed by atoms with Crippen LogP contribution in [-0.2, 0) is 4.74 Å². The van der Waals surface area contributed by atoms with Crippen LogP contribution in [0.3, 0.4) is 0 Å². The van der Waals surface area contributed by atoms with Gasteiger partial charge >= 0.3 is 0 Å². The highest BCUT2D eigenvalue weighted by atomic mass is 32.2. The molecule has 2 unspecified atom stereocenters. The summed E-state index contributed by atoms with van der Waals surface area (Å²) in [6.07, 6.45) is 0. The average Bonchev–Trinajstić information content (AvgIpc) is 2.38. The minimum absolute atomic E-state index is 0.625. The van der Waals surface area contributed by atoms with Gasteiger partial charge in [0.05, 0.1) is 12.0 Å². The molecule has 1 heterocycles. The van der Waals surface area contributed by atoms with E-state index in [1.807, 2.05) is 11.8 Å². The van der Waals surface area contributed by atoms with Crippen molar-refractivity contribution in [3.8, 4) is 0 Å². The first-order valence-corrected chi connectivity index (χ1v) is 4.73. The highest BCUT2D eigenvalue weighted by Crippen LogP contribution is 2.21. The number of rotatable bonds is 3. The summed E-state index contributed by atoms with van der Waals surface area (Å²) in [5.74, 6) is 1.89. The van der Waals surface area contributed by atoms with Gasteiger partial charge in [-0.1, -0.05) is 6.92 Å². The van der Waals surface area contributed by atoms with Gasteiger partial charge in [-0.05, 0) is 0 Å². The molecule has 2 atom stereocenters. The molecule has 60 valence electrons. The van der Waals surface area contributed by atoms with Gasteiger partial charge in [0.1, 0.15) is 0 Å². The molecule has 0 radical (unpaired) electrons. The molecule has 0 spiro atoms. The third kappa shape index (κ3) is 2.15. The first kappa shape index (κ1) is 8.37. The maximum atomic E-state index is 5.06. The maximum absolute atomic E-state index is 5.06. The van der Waals surface area contributed by atoms with Crippen LogP contribution in [0.5, 0.6) is 0 Å². The molecule has 1 N–H and O–H groups in total. The van der Waals surface area contributed by atoms with Crippen molar-refractivity contribution < 1.29 is 4.74 Å². The van der Waals surface area contributed by atoms with Gasteiger partial charge in [0.15, 0.2) is 0 Å². The van der Waals surface area contributed by atoms with Crippen LogP contribution in [0.4, 0.5) is 0 Å². The Kier molecular flexibility index (Phi) is 3.52. The molecule has 0 amide bonds. The van der Waals surface area contributed by atoms with Gasteiger partial charge in [-0.15, -0.1) is 11.8 Å². The fourth-order valence-corrected chi connectivity index (χ4v) is 2.29. The lowest BCUT2D eigenvalue weighted by Gasteiger charge is -2.16. The lowest BCUT2D eigenvalue weighted by Crippen LogP contribution is -2.29. The number of hydrogen-bond donors (Lipinski definition) is 1. The molecule has 1 saturated heterocycles. The highest BCUT2D eigenvalue weighted by molar-refractivity contribution is 8.00. The summed E-state index contributed by atoms with van der Waals surface area (Å²) >= 11 is 2.00. The van der Waals surface area contributed by atoms with Crippen molar-refractivity contribution in [1.82, 2.24) is 5.32 Å². The summed E-state index contributed by atoms with van der Waals surface area (Å²) in [5, 5.41) is 4.05. The maximum Gasteiger partial charge on any atom is 0.0580 e. The third-order valence-corrected chi connectivity index (χ3v) is 3.12. The lowest BCUT2D eigenvalue weighted by molar-refractivity contribution is 0.155. The van der Waals surface area contributed by atoms with Crippen molar-refractivity contribution in [2.75, 3.05) is 26.0 Å². The Bertz CT molecular complexity index is 93.6. The Hall–Kier alpha value is 0.270. The van der Waals surface area contributed by atoms with Crippen molar-refractivity contribution in [3.63, 3.8) is 0 Å². The number of nitrogens with one attached hydrogen (secondary N) is 1. The number of ether oxygens (including phenoxy) is 1. The predicted octanol–water partition coefficient (Wildman–Crippen LogP) is 0.931. The average molecular weight is 161 g/mol. The van der Waals surface area contributed by atoms with Crippen LogP contribution in [0.1, 0.15) is 6.92 Å². The Morgan fingerprint density at radius 2 is 2.60 bits per heavy atom. The Morgan fingerprint density at radius 1 is 1.80 bits per heavy atom. The first-order chi connectivity index (χ1) is 4.84. The van der Waals surface area contributed by atoms with E-state index in [-0.39, 0.29) is 0 Å². The summed E-state index contributed by atoms with van der Waals surface area (Å²) in [4.78, 5) is 0. The molecular formula is C7H15NOS. The van der Waals surface area contributed by atoms with Gasteiger partial charge in [0.25, 0.3) is 0 Å². The molecule has 0 bridgehead atoms. The minimum atomic E-state index is 0.625. The molecule has 1 aliphatic rings. The van der Waals surface area contributed by atoms with Crippen LogP contribution in [0.25, 0.3) is 0 Å². The van der Waals surface area contributed by atoms with Crippen LogP contribution in [0.2, 0.25) is 0 Å². The summed E-state index contributed by atoms with van der Waals surface area (Å²) in [6, 6.07) is 0. The van der Waals surface area contributed by atoms with E-state index in [4.69, 9.17) is 4.74 Å². The van der Waals surface area contributed by atoms with Gasteiger partial charge in [0.2, 0.25) is 0 Å². The summed E-state index contributed by atoms with van der Waals surface area (Å²) in [7, 11) is 1.76. The largest absolute Gasteiger partial charge is 0.384 e. The molecular weight excluding hydrogens is 146 g/mol. The molecule has 0 aromatic heterocycles. The topological polar surface area (TPSA) is 21.3 Å². The van der Waals surface area contributed by atoms with Crippen LogP contribution in [-0.4, -0.2) is 31.4 Å². The van der Waals surface area contributed by atoms with E-state index in [1.54, 1.807) is 7.11 Å². The zero-order valence-electron chi connectivity index (χ0n) is 6.59. The normalized spacial score (nSPS) is 28.8. The smallest absolute Gasteiger partial charge is 0.0580 e. The zero-order chi connectivity index (χ0) is 7.40. The standard InChI is InChI=1S/C7H15NOS/c1-6(5-9-2)7-8-3-4-10-7/h6-8H,3-5H2,1-2H3. The van der Waals surface area contributed by atoms with E-state index in [0.29, 0.717) is 11.3 Å². The number of methoxy groups -OCH3 is 1. The lowest BCUT2D eigenvalue weighted by atomic mass is 10.2. The molecule has 1 rings (SSSR count). The zero-order valence-corrected chi connectivity index (χ0v) is 7.41. The second-order valence-electron chi connectivity index (χ2n) is 2.68. The molecule has 0 aromatic rings. The van der Waals surface area contributed by atoms with Crippen molar-refractivity contribution >= 4 is 11.8 Å². The van der Waals surface area contributed by atoms with Crippen molar-refractivity contribution in [2.45, 2.75) is 12.3 Å². The Labute approximate surface area is 66.7 Å². The van der Waals surface area contributed by atoms with Crippen LogP contribution < -0.4 is 5.32 Å². The number of thioether (sulfide) groups is 1. The van der Waals surface area contributed by atoms with Gasteiger partial charge in [0, 0.05) is 25.3 Å². The molecule has 2 nitrogen and oxygen atoms in total. The molecule has 10 heavy (non-hydrogen) atoms. The summed E-state index contributed by atoms with van der Waals surface area (Å²) in [6.45, 7) is 4.24. The van der Waals surface area contributed by atoms with Gasteiger partial charge in [-0.25, -0.2) is 0 Å². The molecule has 3 heteroatoms. The Morgan fingerprint density at radius 3 is 3.10 bits per heavy atom. The summed E-state index contributed by atoms with van der Waals surface area (Å²) < 4.78 is 5.06. The molecule has 0 aliphatic carbocycles. The molecule has 1 fully saturated rings. The van der Waals surface area contributed by atoms with E-state index < -0.39 is 0 Å². The van der Waals surface area contributed by atoms with Gasteiger partial charge in [-0.3, -0.25) is 0 Å². The van der Waals surface area contributed by atoms with Crippen molar-refractivity contribution in [3.05, 3.63) is 0 Å². The minimum Gasteiger partial charge on any atom is -0.384 e. The van der Waals surface area contributed by atoms with E-state index in [0.717, 1.165) is 13.2 Å². The second kappa shape index (κ2) is 4.21. The number of hydrogen-bond acceptors (Lipinski definition) is 3. The van der Waals surface area contributed by atoms with Crippen molar-refractivity contribution in [2.24, 2.45) is 5.92 Å². The highest BCUT2D eigenvalue weighted by Gasteiger charge is 2.20. The Balaban J connectivity index is 2.18. The predicted molar refractivity (Wildman–Crippen MR) is 45.3 cm³/mol.